The quantitative estimate of drug-likeness (QED) is 0.317. The maximum absolute atomic E-state index is 13.8. The minimum absolute atomic E-state index is 0.0879. The molecule has 39 heavy (non-hydrogen) atoms. The molecule has 0 saturated heterocycles. The highest BCUT2D eigenvalue weighted by atomic mass is 35.5. The lowest BCUT2D eigenvalue weighted by Gasteiger charge is -2.43. The Labute approximate surface area is 234 Å². The van der Waals surface area contributed by atoms with E-state index >= 15 is 0 Å². The molecular formula is C31H33ClN2O5. The van der Waals surface area contributed by atoms with E-state index in [0.29, 0.717) is 22.8 Å². The minimum Gasteiger partial charge on any atom is -0.492 e. The molecule has 3 aromatic rings. The van der Waals surface area contributed by atoms with Crippen LogP contribution in [0.15, 0.2) is 72.8 Å². The average molecular weight is 549 g/mol. The number of ether oxygens (including phenoxy) is 2. The summed E-state index contributed by atoms with van der Waals surface area (Å²) in [6, 6.07) is 21.4. The summed E-state index contributed by atoms with van der Waals surface area (Å²) in [4.78, 5) is 42.1. The van der Waals surface area contributed by atoms with Gasteiger partial charge in [0, 0.05) is 34.9 Å². The van der Waals surface area contributed by atoms with Crippen molar-refractivity contribution in [3.8, 4) is 5.75 Å². The molecule has 0 radical (unpaired) electrons. The van der Waals surface area contributed by atoms with Gasteiger partial charge in [0.05, 0.1) is 18.6 Å². The Kier molecular flexibility index (Phi) is 8.31. The number of methoxy groups -OCH3 is 1. The SMILES string of the molecule is COC(=O)C(C)(C)COc1ccc(C(=O)N2c3ccccc3C(N(C(C)=O)c3ccc(Cl)cc3)CC2C)cc1. The fourth-order valence-corrected chi connectivity index (χ4v) is 5.08. The second kappa shape index (κ2) is 11.5. The Hall–Kier alpha value is -3.84. The van der Waals surface area contributed by atoms with E-state index in [0.717, 1.165) is 16.9 Å². The lowest BCUT2D eigenvalue weighted by molar-refractivity contribution is -0.152. The number of benzene rings is 3. The van der Waals surface area contributed by atoms with E-state index in [2.05, 4.69) is 0 Å². The molecule has 8 heteroatoms. The van der Waals surface area contributed by atoms with E-state index in [4.69, 9.17) is 21.1 Å². The summed E-state index contributed by atoms with van der Waals surface area (Å²) in [6.07, 6.45) is 0.564. The van der Waals surface area contributed by atoms with Gasteiger partial charge in [-0.2, -0.15) is 0 Å². The Morgan fingerprint density at radius 1 is 1.00 bits per heavy atom. The Morgan fingerprint density at radius 3 is 2.26 bits per heavy atom. The second-order valence-electron chi connectivity index (χ2n) is 10.4. The number of esters is 1. The third-order valence-electron chi connectivity index (χ3n) is 6.97. The minimum atomic E-state index is -0.799. The van der Waals surface area contributed by atoms with Crippen molar-refractivity contribution in [1.29, 1.82) is 0 Å². The molecule has 0 saturated carbocycles. The smallest absolute Gasteiger partial charge is 0.314 e. The van der Waals surface area contributed by atoms with Crippen LogP contribution in [0.2, 0.25) is 5.02 Å². The van der Waals surface area contributed by atoms with Crippen molar-refractivity contribution in [3.05, 3.63) is 88.9 Å². The molecule has 2 atom stereocenters. The first-order chi connectivity index (χ1) is 18.5. The molecule has 0 aliphatic carbocycles. The Bertz CT molecular complexity index is 1350. The summed E-state index contributed by atoms with van der Waals surface area (Å²) in [5.74, 6) is -0.0359. The zero-order chi connectivity index (χ0) is 28.3. The zero-order valence-corrected chi connectivity index (χ0v) is 23.6. The molecule has 2 unspecified atom stereocenters. The lowest BCUT2D eigenvalue weighted by atomic mass is 9.89. The number of hydrogen-bond acceptors (Lipinski definition) is 5. The summed E-state index contributed by atoms with van der Waals surface area (Å²) in [5, 5.41) is 0.597. The van der Waals surface area contributed by atoms with Crippen LogP contribution in [0.1, 0.15) is 56.1 Å². The van der Waals surface area contributed by atoms with Gasteiger partial charge in [0.1, 0.15) is 12.4 Å². The summed E-state index contributed by atoms with van der Waals surface area (Å²) in [6.45, 7) is 7.19. The van der Waals surface area contributed by atoms with Crippen LogP contribution in [0, 0.1) is 5.41 Å². The fourth-order valence-electron chi connectivity index (χ4n) is 4.95. The number of hydrogen-bond donors (Lipinski definition) is 0. The van der Waals surface area contributed by atoms with Crippen molar-refractivity contribution in [2.24, 2.45) is 5.41 Å². The summed E-state index contributed by atoms with van der Waals surface area (Å²) in [7, 11) is 1.35. The number of anilines is 2. The van der Waals surface area contributed by atoms with E-state index in [-0.39, 0.29) is 36.5 Å². The van der Waals surface area contributed by atoms with Gasteiger partial charge in [0.25, 0.3) is 5.91 Å². The number of carbonyl (C=O) groups excluding carboxylic acids is 3. The molecule has 2 amide bonds. The highest BCUT2D eigenvalue weighted by Crippen LogP contribution is 2.43. The number of fused-ring (bicyclic) bond motifs is 1. The predicted octanol–water partition coefficient (Wildman–Crippen LogP) is 6.45. The molecule has 3 aromatic carbocycles. The number of para-hydroxylation sites is 1. The van der Waals surface area contributed by atoms with Crippen LogP contribution >= 0.6 is 11.6 Å². The van der Waals surface area contributed by atoms with Gasteiger partial charge in [-0.15, -0.1) is 0 Å². The van der Waals surface area contributed by atoms with Crippen molar-refractivity contribution in [2.75, 3.05) is 23.5 Å². The van der Waals surface area contributed by atoms with Gasteiger partial charge in [0.15, 0.2) is 0 Å². The molecule has 0 N–H and O–H groups in total. The standard InChI is InChI=1S/C31H33ClN2O5/c1-20-18-28(34(21(2)35)24-14-12-23(32)13-15-24)26-8-6-7-9-27(26)33(20)29(36)22-10-16-25(17-11-22)39-19-31(3,4)30(37)38-5/h6-17,20,28H,18-19H2,1-5H3. The first-order valence-corrected chi connectivity index (χ1v) is 13.2. The summed E-state index contributed by atoms with van der Waals surface area (Å²) in [5.41, 5.74) is 2.14. The van der Waals surface area contributed by atoms with Gasteiger partial charge in [-0.05, 0) is 87.4 Å². The number of halogens is 1. The highest BCUT2D eigenvalue weighted by Gasteiger charge is 2.38. The van der Waals surface area contributed by atoms with Gasteiger partial charge < -0.3 is 19.3 Å². The highest BCUT2D eigenvalue weighted by molar-refractivity contribution is 6.30. The van der Waals surface area contributed by atoms with Crippen LogP contribution in [-0.4, -0.2) is 37.5 Å². The second-order valence-corrected chi connectivity index (χ2v) is 10.8. The topological polar surface area (TPSA) is 76.2 Å². The van der Waals surface area contributed by atoms with E-state index in [9.17, 15) is 14.4 Å². The van der Waals surface area contributed by atoms with Gasteiger partial charge in [-0.25, -0.2) is 0 Å². The fraction of sp³-hybridized carbons (Fsp3) is 0.323. The normalized spacial score (nSPS) is 16.7. The van der Waals surface area contributed by atoms with E-state index in [1.807, 2.05) is 43.3 Å². The molecule has 1 aliphatic heterocycles. The number of rotatable bonds is 7. The average Bonchev–Trinajstić information content (AvgIpc) is 2.92. The van der Waals surface area contributed by atoms with Gasteiger partial charge in [-0.1, -0.05) is 29.8 Å². The largest absolute Gasteiger partial charge is 0.492 e. The van der Waals surface area contributed by atoms with Crippen molar-refractivity contribution < 1.29 is 23.9 Å². The number of amides is 2. The van der Waals surface area contributed by atoms with Crippen LogP contribution in [0.3, 0.4) is 0 Å². The van der Waals surface area contributed by atoms with Crippen molar-refractivity contribution in [2.45, 2.75) is 46.2 Å². The summed E-state index contributed by atoms with van der Waals surface area (Å²) < 4.78 is 10.6. The van der Waals surface area contributed by atoms with Crippen LogP contribution < -0.4 is 14.5 Å². The van der Waals surface area contributed by atoms with Gasteiger partial charge in [0.2, 0.25) is 5.91 Å². The van der Waals surface area contributed by atoms with E-state index in [1.165, 1.54) is 7.11 Å². The monoisotopic (exact) mass is 548 g/mol. The Morgan fingerprint density at radius 2 is 1.64 bits per heavy atom. The molecule has 204 valence electrons. The third-order valence-corrected chi connectivity index (χ3v) is 7.23. The number of carbonyl (C=O) groups is 3. The van der Waals surface area contributed by atoms with Crippen LogP contribution in [0.25, 0.3) is 0 Å². The third kappa shape index (κ3) is 5.93. The van der Waals surface area contributed by atoms with Crippen molar-refractivity contribution in [1.82, 2.24) is 0 Å². The lowest BCUT2D eigenvalue weighted by Crippen LogP contribution is -2.47. The molecule has 4 rings (SSSR count). The van der Waals surface area contributed by atoms with Crippen LogP contribution in [-0.2, 0) is 14.3 Å². The first-order valence-electron chi connectivity index (χ1n) is 12.8. The molecular weight excluding hydrogens is 516 g/mol. The van der Waals surface area contributed by atoms with Crippen molar-refractivity contribution >= 4 is 40.8 Å². The molecule has 0 fully saturated rings. The molecule has 1 heterocycles. The first kappa shape index (κ1) is 28.2. The van der Waals surface area contributed by atoms with Crippen molar-refractivity contribution in [3.63, 3.8) is 0 Å². The Balaban J connectivity index is 1.59. The predicted molar refractivity (Wildman–Crippen MR) is 152 cm³/mol. The zero-order valence-electron chi connectivity index (χ0n) is 22.8. The van der Waals surface area contributed by atoms with Gasteiger partial charge in [-0.3, -0.25) is 14.4 Å². The molecule has 1 aliphatic rings. The van der Waals surface area contributed by atoms with E-state index in [1.54, 1.807) is 67.0 Å². The molecule has 0 spiro atoms. The van der Waals surface area contributed by atoms with Gasteiger partial charge >= 0.3 is 5.97 Å². The number of nitrogens with zero attached hydrogens (tertiary/aromatic N) is 2. The van der Waals surface area contributed by atoms with E-state index < -0.39 is 5.41 Å². The maximum Gasteiger partial charge on any atom is 0.314 e. The molecule has 7 nitrogen and oxygen atoms in total. The van der Waals surface area contributed by atoms with Crippen LogP contribution in [0.4, 0.5) is 11.4 Å². The molecule has 0 aromatic heterocycles. The van der Waals surface area contributed by atoms with Crippen LogP contribution in [0.5, 0.6) is 5.75 Å². The summed E-state index contributed by atoms with van der Waals surface area (Å²) >= 11 is 6.09. The maximum atomic E-state index is 13.8. The molecule has 0 bridgehead atoms.